The monoisotopic (exact) mass is 353 g/mol. The third kappa shape index (κ3) is 4.09. The minimum absolute atomic E-state index is 0.158. The number of nitrogens with one attached hydrogen (secondary N) is 1. The number of carbonyl (C=O) groups excluding carboxylic acids is 1. The lowest BCUT2D eigenvalue weighted by molar-refractivity contribution is -0.113. The van der Waals surface area contributed by atoms with Gasteiger partial charge in [-0.1, -0.05) is 48.0 Å². The number of halogens is 1. The van der Waals surface area contributed by atoms with Gasteiger partial charge >= 0.3 is 0 Å². The van der Waals surface area contributed by atoms with Gasteiger partial charge < -0.3 is 5.32 Å². The van der Waals surface area contributed by atoms with Gasteiger partial charge in [0.25, 0.3) is 5.91 Å². The summed E-state index contributed by atoms with van der Waals surface area (Å²) in [5, 5.41) is 3.73. The maximum absolute atomic E-state index is 13.0. The molecule has 1 heterocycles. The van der Waals surface area contributed by atoms with Crippen LogP contribution in [-0.2, 0) is 4.79 Å². The summed E-state index contributed by atoms with van der Waals surface area (Å²) in [7, 11) is 0. The van der Waals surface area contributed by atoms with Crippen molar-refractivity contribution < 1.29 is 4.79 Å². The average molecular weight is 354 g/mol. The Morgan fingerprint density at radius 3 is 2.44 bits per heavy atom. The molecule has 1 amide bonds. The van der Waals surface area contributed by atoms with E-state index in [1.54, 1.807) is 17.0 Å². The molecule has 2 aromatic rings. The van der Waals surface area contributed by atoms with Gasteiger partial charge in [-0.2, -0.15) is 0 Å². The zero-order valence-electron chi connectivity index (χ0n) is 14.5. The molecule has 0 spiro atoms. The van der Waals surface area contributed by atoms with E-state index in [1.165, 1.54) is 0 Å². The number of benzene rings is 2. The van der Waals surface area contributed by atoms with Gasteiger partial charge in [0.1, 0.15) is 5.70 Å². The van der Waals surface area contributed by atoms with Crippen LogP contribution in [0.25, 0.3) is 6.08 Å². The first kappa shape index (κ1) is 17.2. The van der Waals surface area contributed by atoms with Gasteiger partial charge in [-0.3, -0.25) is 4.79 Å². The lowest BCUT2D eigenvalue weighted by Gasteiger charge is -2.19. The molecule has 1 aliphatic heterocycles. The molecule has 1 N–H and O–H groups in total. The van der Waals surface area contributed by atoms with Crippen LogP contribution in [0.3, 0.4) is 0 Å². The zero-order valence-corrected chi connectivity index (χ0v) is 15.2. The number of rotatable bonds is 2. The summed E-state index contributed by atoms with van der Waals surface area (Å²) in [6.45, 7) is 5.96. The molecule has 1 aliphatic rings. The second kappa shape index (κ2) is 6.73. The fourth-order valence-corrected chi connectivity index (χ4v) is 2.70. The standard InChI is InChI=1S/C20H20ClN3O/c1-20(2,3)23-19-22-17(12-14-8-5-4-6-9-14)18(25)24(19)16-11-7-10-15(21)13-16/h4-13H,1-3H3,(H,22,23)/b17-12-. The third-order valence-electron chi connectivity index (χ3n) is 3.51. The lowest BCUT2D eigenvalue weighted by atomic mass is 10.1. The summed E-state index contributed by atoms with van der Waals surface area (Å²) in [5.74, 6) is 0.344. The number of nitrogens with zero attached hydrogens (tertiary/aromatic N) is 2. The Balaban J connectivity index is 2.06. The minimum atomic E-state index is -0.332. The van der Waals surface area contributed by atoms with Crippen LogP contribution in [0.1, 0.15) is 26.3 Å². The van der Waals surface area contributed by atoms with Crippen LogP contribution in [0, 0.1) is 0 Å². The molecular formula is C20H20ClN3O. The highest BCUT2D eigenvalue weighted by molar-refractivity contribution is 6.32. The molecule has 1 saturated heterocycles. The van der Waals surface area contributed by atoms with Crippen molar-refractivity contribution in [2.45, 2.75) is 26.3 Å². The Morgan fingerprint density at radius 1 is 1.08 bits per heavy atom. The molecule has 5 heteroatoms. The summed E-state index contributed by atoms with van der Waals surface area (Å²) in [5.41, 5.74) is 1.78. The van der Waals surface area contributed by atoms with Crippen LogP contribution < -0.4 is 10.2 Å². The summed E-state index contributed by atoms with van der Waals surface area (Å²) in [6.07, 6.45) is 1.82. The maximum Gasteiger partial charge on any atom is 0.281 e. The second-order valence-corrected chi connectivity index (χ2v) is 7.26. The van der Waals surface area contributed by atoms with Crippen molar-refractivity contribution in [2.24, 2.45) is 4.99 Å². The first-order valence-electron chi connectivity index (χ1n) is 8.07. The number of guanidine groups is 1. The number of hydrogen-bond acceptors (Lipinski definition) is 2. The van der Waals surface area contributed by atoms with E-state index in [0.29, 0.717) is 22.4 Å². The van der Waals surface area contributed by atoms with Crippen LogP contribution >= 0.6 is 11.6 Å². The normalized spacial score (nSPS) is 18.1. The van der Waals surface area contributed by atoms with E-state index in [1.807, 2.05) is 69.3 Å². The number of anilines is 1. The summed E-state index contributed by atoms with van der Waals surface area (Å²) in [6, 6.07) is 16.9. The number of aliphatic imine (C=N–C) groups is 1. The van der Waals surface area contributed by atoms with Crippen LogP contribution in [-0.4, -0.2) is 17.4 Å². The highest BCUT2D eigenvalue weighted by Crippen LogP contribution is 2.26. The molecule has 1 fully saturated rings. The van der Waals surface area contributed by atoms with Crippen molar-refractivity contribution in [1.29, 1.82) is 0 Å². The maximum atomic E-state index is 13.0. The first-order valence-corrected chi connectivity index (χ1v) is 8.45. The molecule has 0 atom stereocenters. The smallest absolute Gasteiger partial charge is 0.281 e. The van der Waals surface area contributed by atoms with Gasteiger partial charge in [-0.05, 0) is 50.6 Å². The van der Waals surface area contributed by atoms with E-state index in [-0.39, 0.29) is 11.4 Å². The van der Waals surface area contributed by atoms with Crippen LogP contribution in [0.2, 0.25) is 5.02 Å². The Hall–Kier alpha value is -2.59. The van der Waals surface area contributed by atoms with Crippen molar-refractivity contribution >= 4 is 35.2 Å². The lowest BCUT2D eigenvalue weighted by Crippen LogP contribution is -2.34. The van der Waals surface area contributed by atoms with E-state index in [4.69, 9.17) is 11.6 Å². The van der Waals surface area contributed by atoms with Gasteiger partial charge in [0.2, 0.25) is 5.96 Å². The van der Waals surface area contributed by atoms with Crippen molar-refractivity contribution in [3.8, 4) is 0 Å². The molecular weight excluding hydrogens is 334 g/mol. The van der Waals surface area contributed by atoms with Crippen molar-refractivity contribution in [3.05, 3.63) is 70.9 Å². The van der Waals surface area contributed by atoms with E-state index in [0.717, 1.165) is 5.56 Å². The molecule has 0 aliphatic carbocycles. The molecule has 2 aromatic carbocycles. The molecule has 3 rings (SSSR count). The number of hydrogen-bond donors (Lipinski definition) is 1. The fourth-order valence-electron chi connectivity index (χ4n) is 2.51. The largest absolute Gasteiger partial charge is 0.321 e. The van der Waals surface area contributed by atoms with Crippen LogP contribution in [0.15, 0.2) is 65.3 Å². The zero-order chi connectivity index (χ0) is 18.0. The average Bonchev–Trinajstić information content (AvgIpc) is 2.82. The predicted molar refractivity (Wildman–Crippen MR) is 104 cm³/mol. The Kier molecular flexibility index (Phi) is 4.64. The molecule has 0 unspecified atom stereocenters. The van der Waals surface area contributed by atoms with Gasteiger partial charge in [0, 0.05) is 5.02 Å². The first-order chi connectivity index (χ1) is 11.8. The van der Waals surface area contributed by atoms with Crippen LogP contribution in [0.5, 0.6) is 0 Å². The summed E-state index contributed by atoms with van der Waals surface area (Å²) >= 11 is 6.11. The van der Waals surface area contributed by atoms with E-state index in [2.05, 4.69) is 10.3 Å². The second-order valence-electron chi connectivity index (χ2n) is 6.82. The summed E-state index contributed by atoms with van der Waals surface area (Å²) < 4.78 is 0. The van der Waals surface area contributed by atoms with Crippen molar-refractivity contribution in [2.75, 3.05) is 4.90 Å². The number of amides is 1. The van der Waals surface area contributed by atoms with Gasteiger partial charge in [-0.15, -0.1) is 0 Å². The molecule has 4 nitrogen and oxygen atoms in total. The molecule has 128 valence electrons. The summed E-state index contributed by atoms with van der Waals surface area (Å²) in [4.78, 5) is 19.2. The van der Waals surface area contributed by atoms with E-state index in [9.17, 15) is 4.79 Å². The van der Waals surface area contributed by atoms with Crippen molar-refractivity contribution in [1.82, 2.24) is 5.32 Å². The molecule has 0 saturated carbocycles. The highest BCUT2D eigenvalue weighted by Gasteiger charge is 2.34. The Morgan fingerprint density at radius 2 is 1.80 bits per heavy atom. The Bertz CT molecular complexity index is 851. The molecule has 25 heavy (non-hydrogen) atoms. The molecule has 0 aromatic heterocycles. The highest BCUT2D eigenvalue weighted by atomic mass is 35.5. The quantitative estimate of drug-likeness (QED) is 0.809. The van der Waals surface area contributed by atoms with Gasteiger partial charge in [0.05, 0.1) is 11.2 Å². The minimum Gasteiger partial charge on any atom is -0.321 e. The topological polar surface area (TPSA) is 44.7 Å². The SMILES string of the molecule is CC(C)(C)N=C1N/C(=C\c2ccccc2)C(=O)N1c1cccc(Cl)c1. The fraction of sp³-hybridized carbons (Fsp3) is 0.200. The predicted octanol–water partition coefficient (Wildman–Crippen LogP) is 4.47. The van der Waals surface area contributed by atoms with E-state index < -0.39 is 0 Å². The Labute approximate surface area is 152 Å². The third-order valence-corrected chi connectivity index (χ3v) is 3.75. The van der Waals surface area contributed by atoms with Crippen molar-refractivity contribution in [3.63, 3.8) is 0 Å². The number of carbonyl (C=O) groups is 1. The van der Waals surface area contributed by atoms with Crippen LogP contribution in [0.4, 0.5) is 5.69 Å². The van der Waals surface area contributed by atoms with E-state index >= 15 is 0 Å². The molecule has 0 radical (unpaired) electrons. The molecule has 0 bridgehead atoms. The van der Waals surface area contributed by atoms with Gasteiger partial charge in [0.15, 0.2) is 0 Å². The van der Waals surface area contributed by atoms with Gasteiger partial charge in [-0.25, -0.2) is 9.89 Å².